The topological polar surface area (TPSA) is 70.9 Å². The quantitative estimate of drug-likeness (QED) is 0.581. The van der Waals surface area contributed by atoms with Crippen LogP contribution in [0.3, 0.4) is 0 Å². The Balaban J connectivity index is 1.67. The summed E-state index contributed by atoms with van der Waals surface area (Å²) in [7, 11) is 1.62. The molecule has 174 valence electrons. The van der Waals surface area contributed by atoms with Gasteiger partial charge in [-0.25, -0.2) is 9.79 Å². The Bertz CT molecular complexity index is 1160. The van der Waals surface area contributed by atoms with Crippen LogP contribution in [-0.2, 0) is 11.3 Å². The highest BCUT2D eigenvalue weighted by Gasteiger charge is 2.13. The van der Waals surface area contributed by atoms with Gasteiger partial charge in [-0.05, 0) is 48.7 Å². The number of carbonyl (C=O) groups excluding carboxylic acids is 1. The van der Waals surface area contributed by atoms with Gasteiger partial charge in [-0.3, -0.25) is 0 Å². The Morgan fingerprint density at radius 1 is 1.12 bits per heavy atom. The zero-order valence-corrected chi connectivity index (χ0v) is 20.2. The number of aromatic nitrogens is 1. The van der Waals surface area contributed by atoms with E-state index in [2.05, 4.69) is 69.7 Å². The van der Waals surface area contributed by atoms with Crippen LogP contribution in [-0.4, -0.2) is 50.5 Å². The fraction of sp³-hybridized carbons (Fsp3) is 0.360. The van der Waals surface area contributed by atoms with E-state index in [9.17, 15) is 4.79 Å². The minimum absolute atomic E-state index is 0.185. The number of thiazole rings is 1. The van der Waals surface area contributed by atoms with E-state index in [4.69, 9.17) is 9.73 Å². The summed E-state index contributed by atoms with van der Waals surface area (Å²) >= 11 is 1.62. The van der Waals surface area contributed by atoms with Crippen molar-refractivity contribution in [3.63, 3.8) is 0 Å². The Morgan fingerprint density at radius 3 is 2.61 bits per heavy atom. The Kier molecular flexibility index (Phi) is 7.47. The van der Waals surface area contributed by atoms with Crippen LogP contribution in [0.4, 0.5) is 16.2 Å². The Hall–Kier alpha value is -3.10. The molecule has 1 aliphatic rings. The molecule has 3 aromatic rings. The van der Waals surface area contributed by atoms with Crippen LogP contribution in [0.25, 0.3) is 11.3 Å². The lowest BCUT2D eigenvalue weighted by molar-refractivity contribution is 0.122. The summed E-state index contributed by atoms with van der Waals surface area (Å²) in [5.74, 6) is 0. The van der Waals surface area contributed by atoms with Gasteiger partial charge in [-0.2, -0.15) is 0 Å². The lowest BCUT2D eigenvalue weighted by Gasteiger charge is -2.28. The number of benzene rings is 2. The van der Waals surface area contributed by atoms with Gasteiger partial charge in [0.1, 0.15) is 0 Å². The molecule has 1 aliphatic heterocycles. The van der Waals surface area contributed by atoms with Crippen molar-refractivity contribution in [3.05, 3.63) is 63.8 Å². The number of carbonyl (C=O) groups is 1. The first kappa shape index (κ1) is 23.1. The van der Waals surface area contributed by atoms with Crippen LogP contribution in [0.15, 0.2) is 52.8 Å². The van der Waals surface area contributed by atoms with Crippen molar-refractivity contribution in [2.45, 2.75) is 20.4 Å². The summed E-state index contributed by atoms with van der Waals surface area (Å²) in [6, 6.07) is 14.7. The third-order valence-corrected chi connectivity index (χ3v) is 6.84. The lowest BCUT2D eigenvalue weighted by Crippen LogP contribution is -2.36. The molecule has 2 amide bonds. The van der Waals surface area contributed by atoms with Crippen molar-refractivity contribution in [2.75, 3.05) is 44.8 Å². The maximum absolute atomic E-state index is 11.7. The number of anilines is 1. The predicted molar refractivity (Wildman–Crippen MR) is 134 cm³/mol. The molecule has 0 radical (unpaired) electrons. The molecule has 8 heteroatoms. The maximum atomic E-state index is 11.7. The molecule has 33 heavy (non-hydrogen) atoms. The van der Waals surface area contributed by atoms with Crippen molar-refractivity contribution in [2.24, 2.45) is 4.99 Å². The molecular weight excluding hydrogens is 434 g/mol. The van der Waals surface area contributed by atoms with Gasteiger partial charge >= 0.3 is 6.03 Å². The summed E-state index contributed by atoms with van der Waals surface area (Å²) in [6.45, 7) is 8.72. The molecule has 2 N–H and O–H groups in total. The van der Waals surface area contributed by atoms with Gasteiger partial charge < -0.3 is 24.8 Å². The highest BCUT2D eigenvalue weighted by Crippen LogP contribution is 2.26. The third kappa shape index (κ3) is 5.46. The molecule has 0 unspecified atom stereocenters. The number of aryl methyl sites for hydroxylation is 1. The van der Waals surface area contributed by atoms with Gasteiger partial charge in [0.15, 0.2) is 4.80 Å². The first-order valence-corrected chi connectivity index (χ1v) is 12.1. The van der Waals surface area contributed by atoms with Gasteiger partial charge in [0, 0.05) is 44.3 Å². The molecule has 0 saturated carbocycles. The number of amides is 2. The highest BCUT2D eigenvalue weighted by molar-refractivity contribution is 7.07. The van der Waals surface area contributed by atoms with Crippen LogP contribution in [0.1, 0.15) is 11.1 Å². The molecule has 7 nitrogen and oxygen atoms in total. The molecular formula is C25H31N5O2S. The number of hydrogen-bond acceptors (Lipinski definition) is 5. The van der Waals surface area contributed by atoms with Gasteiger partial charge in [-0.15, -0.1) is 11.3 Å². The zero-order valence-electron chi connectivity index (χ0n) is 19.4. The number of urea groups is 1. The van der Waals surface area contributed by atoms with Crippen LogP contribution in [0.5, 0.6) is 0 Å². The number of nitrogens with one attached hydrogen (secondary N) is 2. The summed E-state index contributed by atoms with van der Waals surface area (Å²) in [5, 5.41) is 7.64. The Morgan fingerprint density at radius 2 is 1.88 bits per heavy atom. The van der Waals surface area contributed by atoms with Crippen LogP contribution in [0, 0.1) is 13.8 Å². The second-order valence-electron chi connectivity index (χ2n) is 8.04. The second kappa shape index (κ2) is 10.7. The third-order valence-electron chi connectivity index (χ3n) is 5.98. The van der Waals surface area contributed by atoms with Crippen molar-refractivity contribution < 1.29 is 9.53 Å². The van der Waals surface area contributed by atoms with E-state index in [0.29, 0.717) is 13.1 Å². The summed E-state index contributed by atoms with van der Waals surface area (Å²) in [4.78, 5) is 19.9. The molecule has 4 rings (SSSR count). The number of ether oxygens (including phenoxy) is 1. The van der Waals surface area contributed by atoms with Gasteiger partial charge in [0.25, 0.3) is 0 Å². The minimum Gasteiger partial charge on any atom is -0.378 e. The molecule has 1 aromatic heterocycles. The first-order chi connectivity index (χ1) is 16.1. The van der Waals surface area contributed by atoms with E-state index in [1.165, 1.54) is 16.8 Å². The summed E-state index contributed by atoms with van der Waals surface area (Å²) < 4.78 is 7.66. The van der Waals surface area contributed by atoms with Crippen molar-refractivity contribution >= 4 is 28.7 Å². The normalized spacial score (nSPS) is 14.4. The average molecular weight is 466 g/mol. The maximum Gasteiger partial charge on any atom is 0.314 e. The zero-order chi connectivity index (χ0) is 23.2. The summed E-state index contributed by atoms with van der Waals surface area (Å²) in [5.41, 5.74) is 6.81. The number of morpholine rings is 1. The molecule has 0 atom stereocenters. The molecule has 1 fully saturated rings. The standard InChI is InChI=1S/C25H31N5O2S/c1-18-5-4-6-22(19(18)2)28-25-30(12-11-27-24(31)26-3)23(17-33-25)20-7-9-21(10-8-20)29-13-15-32-16-14-29/h4-10,17H,11-16H2,1-3H3,(H2,26,27,31). The van der Waals surface area contributed by atoms with E-state index in [1.807, 2.05) is 12.1 Å². The smallest absolute Gasteiger partial charge is 0.314 e. The summed E-state index contributed by atoms with van der Waals surface area (Å²) in [6.07, 6.45) is 0. The lowest BCUT2D eigenvalue weighted by atomic mass is 10.1. The predicted octanol–water partition coefficient (Wildman–Crippen LogP) is 3.83. The molecule has 2 heterocycles. The molecule has 1 saturated heterocycles. The van der Waals surface area contributed by atoms with Crippen molar-refractivity contribution in [1.29, 1.82) is 0 Å². The largest absolute Gasteiger partial charge is 0.378 e. The van der Waals surface area contributed by atoms with Gasteiger partial charge in [-0.1, -0.05) is 24.3 Å². The molecule has 0 bridgehead atoms. The van der Waals surface area contributed by atoms with E-state index < -0.39 is 0 Å². The fourth-order valence-electron chi connectivity index (χ4n) is 3.86. The molecule has 0 spiro atoms. The monoisotopic (exact) mass is 465 g/mol. The fourth-order valence-corrected chi connectivity index (χ4v) is 4.81. The molecule has 0 aliphatic carbocycles. The van der Waals surface area contributed by atoms with E-state index in [0.717, 1.165) is 48.0 Å². The number of rotatable bonds is 6. The van der Waals surface area contributed by atoms with Gasteiger partial charge in [0.05, 0.1) is 24.6 Å². The van der Waals surface area contributed by atoms with Gasteiger partial charge in [0.2, 0.25) is 0 Å². The van der Waals surface area contributed by atoms with Crippen molar-refractivity contribution in [1.82, 2.24) is 15.2 Å². The highest BCUT2D eigenvalue weighted by atomic mass is 32.1. The minimum atomic E-state index is -0.185. The van der Waals surface area contributed by atoms with Crippen LogP contribution < -0.4 is 20.3 Å². The molecule has 2 aromatic carbocycles. The van der Waals surface area contributed by atoms with Crippen molar-refractivity contribution in [3.8, 4) is 11.3 Å². The second-order valence-corrected chi connectivity index (χ2v) is 8.87. The average Bonchev–Trinajstić information content (AvgIpc) is 3.24. The first-order valence-electron chi connectivity index (χ1n) is 11.2. The Labute approximate surface area is 198 Å². The van der Waals surface area contributed by atoms with Crippen LogP contribution in [0.2, 0.25) is 0 Å². The SMILES string of the molecule is CNC(=O)NCCn1c(-c2ccc(N3CCOCC3)cc2)csc1=Nc1cccc(C)c1C. The van der Waals surface area contributed by atoms with E-state index in [-0.39, 0.29) is 6.03 Å². The van der Waals surface area contributed by atoms with Crippen LogP contribution >= 0.6 is 11.3 Å². The van der Waals surface area contributed by atoms with E-state index in [1.54, 1.807) is 18.4 Å². The van der Waals surface area contributed by atoms with E-state index >= 15 is 0 Å². The number of nitrogens with zero attached hydrogens (tertiary/aromatic N) is 3. The number of hydrogen-bond donors (Lipinski definition) is 2.